The highest BCUT2D eigenvalue weighted by Gasteiger charge is 2.23. The first-order chi connectivity index (χ1) is 21.4. The molecule has 0 aliphatic heterocycles. The monoisotopic (exact) mass is 649 g/mol. The maximum atomic E-state index is 8.99. The minimum Gasteiger partial charge on any atom is -0.358 e. The number of nitriles is 4. The average Bonchev–Trinajstić information content (AvgIpc) is 3.82. The number of hydrogen-bond donors (Lipinski definition) is 0. The smallest absolute Gasteiger partial charge is 0.358 e. The first kappa shape index (κ1) is 31.9. The third-order valence-corrected chi connectivity index (χ3v) is 10.8. The average molecular weight is 650 g/mol. The lowest BCUT2D eigenvalue weighted by molar-refractivity contribution is 1.11. The van der Waals surface area contributed by atoms with Crippen molar-refractivity contribution in [1.82, 2.24) is 0 Å². The van der Waals surface area contributed by atoms with E-state index in [4.69, 9.17) is 47.3 Å². The molecule has 2 aromatic carbocycles. The summed E-state index contributed by atoms with van der Waals surface area (Å²) in [5.74, 6) is -0.658. The zero-order chi connectivity index (χ0) is 31.4. The van der Waals surface area contributed by atoms with E-state index in [2.05, 4.69) is 19.4 Å². The molecule has 12 heteroatoms. The summed E-state index contributed by atoms with van der Waals surface area (Å²) in [5.41, 5.74) is 0.113. The van der Waals surface area contributed by atoms with Crippen LogP contribution in [0.1, 0.15) is 21.8 Å². The maximum absolute atomic E-state index is 8.99. The van der Waals surface area contributed by atoms with Crippen molar-refractivity contribution in [2.45, 2.75) is 12.1 Å². The lowest BCUT2D eigenvalue weighted by Gasteiger charge is -1.90. The number of benzene rings is 2. The van der Waals surface area contributed by atoms with Crippen LogP contribution < -0.4 is 9.06 Å². The zero-order valence-electron chi connectivity index (χ0n) is 23.0. The van der Waals surface area contributed by atoms with Gasteiger partial charge in [-0.15, -0.1) is 45.3 Å². The van der Waals surface area contributed by atoms with E-state index in [-0.39, 0.29) is 18.8 Å². The van der Waals surface area contributed by atoms with Gasteiger partial charge in [-0.1, -0.05) is 0 Å². The normalized spacial score (nSPS) is 9.82. The molecule has 45 heavy (non-hydrogen) atoms. The first-order valence-corrected chi connectivity index (χ1v) is 15.4. The van der Waals surface area contributed by atoms with Crippen LogP contribution in [-0.4, -0.2) is 0 Å². The molecule has 210 valence electrons. The standard InChI is InChI=1S/C16H6N4S2.C16H4N4S2.CH3/c2*1-19-16(20-2)15-6-10-4-12-9(3-13(10)22-15)5-14(21-12)11(7-17)8-18;/h3-6,11,16H;3-6H;1H3/q;;-1. The van der Waals surface area contributed by atoms with E-state index in [9.17, 15) is 0 Å². The molecule has 4 aromatic heterocycles. The summed E-state index contributed by atoms with van der Waals surface area (Å²) in [7, 11) is 0. The number of nitrogens with zero attached hydrogens (tertiary/aromatic N) is 8. The molecule has 0 fully saturated rings. The molecule has 0 amide bonds. The Hall–Kier alpha value is -6.06. The largest absolute Gasteiger partial charge is 0.536 e. The molecule has 0 bridgehead atoms. The van der Waals surface area contributed by atoms with Crippen LogP contribution in [0.5, 0.6) is 0 Å². The van der Waals surface area contributed by atoms with Gasteiger partial charge in [0, 0.05) is 23.7 Å². The van der Waals surface area contributed by atoms with Crippen LogP contribution in [0.25, 0.3) is 71.1 Å². The van der Waals surface area contributed by atoms with E-state index in [1.165, 1.54) is 45.3 Å². The van der Waals surface area contributed by atoms with E-state index in [0.717, 1.165) is 50.1 Å². The molecule has 0 atom stereocenters. The van der Waals surface area contributed by atoms with Crippen LogP contribution in [0.15, 0.2) is 48.5 Å². The van der Waals surface area contributed by atoms with Crippen molar-refractivity contribution in [3.63, 3.8) is 0 Å². The van der Waals surface area contributed by atoms with E-state index in [1.54, 1.807) is 0 Å². The molecule has 0 spiro atoms. The highest BCUT2D eigenvalue weighted by Crippen LogP contribution is 2.38. The molecule has 6 rings (SSSR count). The van der Waals surface area contributed by atoms with Gasteiger partial charge < -0.3 is 7.43 Å². The maximum Gasteiger partial charge on any atom is 0.536 e. The van der Waals surface area contributed by atoms with Gasteiger partial charge in [0.2, 0.25) is 0 Å². The molecule has 0 saturated heterocycles. The third-order valence-electron chi connectivity index (χ3n) is 6.29. The summed E-state index contributed by atoms with van der Waals surface area (Å²) in [6, 6.07) is 23.1. The van der Waals surface area contributed by atoms with Crippen molar-refractivity contribution >= 4 is 97.1 Å². The molecule has 4 heterocycles. The van der Waals surface area contributed by atoms with Crippen LogP contribution in [0.2, 0.25) is 0 Å². The van der Waals surface area contributed by atoms with E-state index < -0.39 is 12.1 Å². The molecule has 0 saturated carbocycles. The Morgan fingerprint density at radius 2 is 1.00 bits per heavy atom. The van der Waals surface area contributed by atoms with Crippen LogP contribution in [0.4, 0.5) is 0 Å². The van der Waals surface area contributed by atoms with Gasteiger partial charge in [-0.2, -0.15) is 30.7 Å². The second kappa shape index (κ2) is 13.5. The predicted molar refractivity (Wildman–Crippen MR) is 181 cm³/mol. The van der Waals surface area contributed by atoms with Crippen LogP contribution in [-0.2, 0) is 0 Å². The van der Waals surface area contributed by atoms with E-state index >= 15 is 0 Å². The van der Waals surface area contributed by atoms with Crippen molar-refractivity contribution in [3.05, 3.63) is 120 Å². The van der Waals surface area contributed by atoms with E-state index in [1.807, 2.05) is 72.8 Å². The van der Waals surface area contributed by atoms with Gasteiger partial charge >= 0.3 is 12.0 Å². The van der Waals surface area contributed by atoms with Crippen LogP contribution in [0.3, 0.4) is 0 Å². The summed E-state index contributed by atoms with van der Waals surface area (Å²) in [6.45, 7) is 28.2. The van der Waals surface area contributed by atoms with Gasteiger partial charge in [-0.3, -0.25) is 0 Å². The molecule has 0 N–H and O–H groups in total. The van der Waals surface area contributed by atoms with Gasteiger partial charge in [0.05, 0.1) is 16.7 Å². The second-order valence-electron chi connectivity index (χ2n) is 8.84. The fourth-order valence-electron chi connectivity index (χ4n) is 4.27. The van der Waals surface area contributed by atoms with Crippen molar-refractivity contribution < 1.29 is 0 Å². The van der Waals surface area contributed by atoms with Crippen molar-refractivity contribution in [2.75, 3.05) is 0 Å². The second-order valence-corrected chi connectivity index (χ2v) is 13.2. The summed E-state index contributed by atoms with van der Waals surface area (Å²) in [4.78, 5) is 14.6. The zero-order valence-corrected chi connectivity index (χ0v) is 26.3. The summed E-state index contributed by atoms with van der Waals surface area (Å²) in [6.07, 6.45) is -0.771. The number of rotatable bonds is 2. The summed E-state index contributed by atoms with van der Waals surface area (Å²) < 4.78 is 5.29. The van der Waals surface area contributed by atoms with Crippen LogP contribution >= 0.6 is 45.3 Å². The van der Waals surface area contributed by atoms with Gasteiger partial charge in [-0.05, 0) is 70.1 Å². The first-order valence-electron chi connectivity index (χ1n) is 12.2. The highest BCUT2D eigenvalue weighted by molar-refractivity contribution is 7.21. The summed E-state index contributed by atoms with van der Waals surface area (Å²) in [5, 5.41) is 39.8. The Bertz CT molecular complexity index is 2290. The van der Waals surface area contributed by atoms with Crippen molar-refractivity contribution in [3.8, 4) is 24.3 Å². The molecule has 6 aromatic rings. The quantitative estimate of drug-likeness (QED) is 0.175. The van der Waals surface area contributed by atoms with E-state index in [0.29, 0.717) is 9.06 Å². The van der Waals surface area contributed by atoms with Gasteiger partial charge in [0.1, 0.15) is 35.4 Å². The fraction of sp³-hybridized carbons (Fsp3) is 0.0606. The number of hydrogen-bond acceptors (Lipinski definition) is 8. The van der Waals surface area contributed by atoms with Gasteiger partial charge in [0.15, 0.2) is 10.8 Å². The minimum atomic E-state index is -0.771. The molecular formula is C33H13N8S4-. The summed E-state index contributed by atoms with van der Waals surface area (Å²) >= 11 is 5.68. The number of thiophene rings is 4. The Kier molecular flexibility index (Phi) is 9.56. The number of fused-ring (bicyclic) bond motifs is 4. The lowest BCUT2D eigenvalue weighted by Crippen LogP contribution is -1.94. The predicted octanol–water partition coefficient (Wildman–Crippen LogP) is 8.75. The Balaban J connectivity index is 0.000000200. The Morgan fingerprint density at radius 1 is 0.578 bits per heavy atom. The fourth-order valence-corrected chi connectivity index (χ4v) is 8.49. The van der Waals surface area contributed by atoms with Crippen molar-refractivity contribution in [1.29, 1.82) is 21.0 Å². The molecular weight excluding hydrogens is 637 g/mol. The SMILES string of the molecule is [C-]#[N+]C([N+]#[C-])=c1cc2cc3sc(=C(C#N)C#N)cc3cc2s1.[C-]#[N+]C([N+]#[C-])c1cc2cc3sc(C(C#N)C#N)cc3cc2s1.[CH3-]. The molecule has 0 aliphatic carbocycles. The Morgan fingerprint density at radius 3 is 1.47 bits per heavy atom. The van der Waals surface area contributed by atoms with Gasteiger partial charge in [-0.25, -0.2) is 22.8 Å². The van der Waals surface area contributed by atoms with Gasteiger partial charge in [0.25, 0.3) is 0 Å². The molecule has 0 radical (unpaired) electrons. The molecule has 0 aliphatic rings. The minimum absolute atomic E-state index is 0. The highest BCUT2D eigenvalue weighted by atomic mass is 32.1. The third kappa shape index (κ3) is 6.06. The molecule has 0 unspecified atom stereocenters. The topological polar surface area (TPSA) is 113 Å². The van der Waals surface area contributed by atoms with Crippen molar-refractivity contribution in [2.24, 2.45) is 0 Å². The lowest BCUT2D eigenvalue weighted by atomic mass is 10.1. The van der Waals surface area contributed by atoms with Crippen LogP contribution in [0, 0.1) is 79.0 Å². The molecule has 8 nitrogen and oxygen atoms in total. The Labute approximate surface area is 273 Å².